The van der Waals surface area contributed by atoms with E-state index in [1.165, 1.54) is 0 Å². The van der Waals surface area contributed by atoms with Crippen molar-refractivity contribution in [3.8, 4) is 5.75 Å². The molecule has 2 aromatic rings. The van der Waals surface area contributed by atoms with Crippen molar-refractivity contribution in [1.82, 2.24) is 10.2 Å². The number of aryl methyl sites for hydroxylation is 1. The Morgan fingerprint density at radius 3 is 2.76 bits per heavy atom. The second kappa shape index (κ2) is 8.17. The van der Waals surface area contributed by atoms with E-state index in [2.05, 4.69) is 55.3 Å². The summed E-state index contributed by atoms with van der Waals surface area (Å²) >= 11 is 0. The van der Waals surface area contributed by atoms with Crippen molar-refractivity contribution in [3.05, 3.63) is 64.7 Å². The molecule has 0 unspecified atom stereocenters. The normalized spacial score (nSPS) is 21.1. The number of rotatable bonds is 4. The van der Waals surface area contributed by atoms with Gasteiger partial charge in [-0.3, -0.25) is 9.69 Å². The molecule has 5 heteroatoms. The van der Waals surface area contributed by atoms with Crippen LogP contribution < -0.4 is 10.1 Å². The molecule has 1 N–H and O–H groups in total. The number of carbonyl (C=O) groups is 1. The summed E-state index contributed by atoms with van der Waals surface area (Å²) in [5.74, 6) is 0.829. The van der Waals surface area contributed by atoms with Crippen molar-refractivity contribution in [2.75, 3.05) is 26.3 Å². The SMILES string of the molecule is Cc1ccc2c(c1)OC(C)(C)C[C@H]2NC(=O)c1cccc(CN2CCOCC2)c1. The van der Waals surface area contributed by atoms with Crippen LogP contribution in [0.3, 0.4) is 0 Å². The van der Waals surface area contributed by atoms with Crippen molar-refractivity contribution < 1.29 is 14.3 Å². The number of hydrogen-bond acceptors (Lipinski definition) is 4. The Labute approximate surface area is 173 Å². The van der Waals surface area contributed by atoms with Gasteiger partial charge in [0.2, 0.25) is 0 Å². The zero-order chi connectivity index (χ0) is 20.4. The first-order valence-electron chi connectivity index (χ1n) is 10.4. The standard InChI is InChI=1S/C24H30N2O3/c1-17-7-8-20-21(15-24(2,3)29-22(20)13-17)25-23(27)19-6-4-5-18(14-19)16-26-9-11-28-12-10-26/h4-8,13-14,21H,9-12,15-16H2,1-3H3,(H,25,27)/t21-/m1/s1. The molecular formula is C24H30N2O3. The predicted molar refractivity (Wildman–Crippen MR) is 113 cm³/mol. The van der Waals surface area contributed by atoms with Crippen LogP contribution >= 0.6 is 0 Å². The largest absolute Gasteiger partial charge is 0.487 e. The third-order valence-electron chi connectivity index (χ3n) is 5.63. The number of nitrogens with zero attached hydrogens (tertiary/aromatic N) is 1. The molecule has 0 radical (unpaired) electrons. The zero-order valence-electron chi connectivity index (χ0n) is 17.5. The number of benzene rings is 2. The summed E-state index contributed by atoms with van der Waals surface area (Å²) in [6, 6.07) is 14.1. The Hall–Kier alpha value is -2.37. The van der Waals surface area contributed by atoms with Crippen LogP contribution in [0.2, 0.25) is 0 Å². The maximum Gasteiger partial charge on any atom is 0.251 e. The van der Waals surface area contributed by atoms with Crippen molar-refractivity contribution in [2.45, 2.75) is 45.4 Å². The van der Waals surface area contributed by atoms with E-state index in [1.807, 2.05) is 18.2 Å². The molecule has 29 heavy (non-hydrogen) atoms. The highest BCUT2D eigenvalue weighted by molar-refractivity contribution is 5.94. The third kappa shape index (κ3) is 4.80. The van der Waals surface area contributed by atoms with Crippen LogP contribution in [-0.4, -0.2) is 42.7 Å². The Bertz CT molecular complexity index is 887. The molecular weight excluding hydrogens is 364 g/mol. The van der Waals surface area contributed by atoms with E-state index in [1.54, 1.807) is 0 Å². The Kier molecular flexibility index (Phi) is 5.61. The maximum absolute atomic E-state index is 13.1. The summed E-state index contributed by atoms with van der Waals surface area (Å²) in [5, 5.41) is 3.24. The highest BCUT2D eigenvalue weighted by Crippen LogP contribution is 2.40. The van der Waals surface area contributed by atoms with Gasteiger partial charge in [-0.2, -0.15) is 0 Å². The van der Waals surface area contributed by atoms with Gasteiger partial charge in [0, 0.05) is 37.2 Å². The van der Waals surface area contributed by atoms with Gasteiger partial charge in [-0.1, -0.05) is 24.3 Å². The molecule has 0 saturated carbocycles. The number of hydrogen-bond donors (Lipinski definition) is 1. The fourth-order valence-electron chi connectivity index (χ4n) is 4.16. The van der Waals surface area contributed by atoms with Gasteiger partial charge in [0.1, 0.15) is 11.4 Å². The molecule has 1 saturated heterocycles. The van der Waals surface area contributed by atoms with E-state index >= 15 is 0 Å². The zero-order valence-corrected chi connectivity index (χ0v) is 17.5. The van der Waals surface area contributed by atoms with Gasteiger partial charge >= 0.3 is 0 Å². The first kappa shape index (κ1) is 19.9. The number of morpholine rings is 1. The van der Waals surface area contributed by atoms with Gasteiger partial charge < -0.3 is 14.8 Å². The molecule has 1 atom stereocenters. The van der Waals surface area contributed by atoms with Crippen LogP contribution in [0.15, 0.2) is 42.5 Å². The summed E-state index contributed by atoms with van der Waals surface area (Å²) in [5.41, 5.74) is 3.74. The van der Waals surface area contributed by atoms with Crippen LogP contribution in [-0.2, 0) is 11.3 Å². The predicted octanol–water partition coefficient (Wildman–Crippen LogP) is 3.86. The number of amides is 1. The smallest absolute Gasteiger partial charge is 0.251 e. The van der Waals surface area contributed by atoms with E-state index in [-0.39, 0.29) is 17.6 Å². The molecule has 0 spiro atoms. The maximum atomic E-state index is 13.1. The van der Waals surface area contributed by atoms with Gasteiger partial charge in [-0.05, 0) is 50.1 Å². The molecule has 1 fully saturated rings. The monoisotopic (exact) mass is 394 g/mol. The van der Waals surface area contributed by atoms with E-state index in [9.17, 15) is 4.79 Å². The second-order valence-electron chi connectivity index (χ2n) is 8.72. The summed E-state index contributed by atoms with van der Waals surface area (Å²) in [7, 11) is 0. The van der Waals surface area contributed by atoms with Crippen LogP contribution in [0.4, 0.5) is 0 Å². The average molecular weight is 395 g/mol. The Morgan fingerprint density at radius 2 is 1.97 bits per heavy atom. The average Bonchev–Trinajstić information content (AvgIpc) is 2.67. The van der Waals surface area contributed by atoms with Gasteiger partial charge in [-0.15, -0.1) is 0 Å². The van der Waals surface area contributed by atoms with Gasteiger partial charge in [-0.25, -0.2) is 0 Å². The summed E-state index contributed by atoms with van der Waals surface area (Å²) < 4.78 is 11.6. The lowest BCUT2D eigenvalue weighted by molar-refractivity contribution is 0.0341. The summed E-state index contributed by atoms with van der Waals surface area (Å²) in [6.07, 6.45) is 0.738. The van der Waals surface area contributed by atoms with Crippen molar-refractivity contribution in [2.24, 2.45) is 0 Å². The van der Waals surface area contributed by atoms with E-state index < -0.39 is 0 Å². The van der Waals surface area contributed by atoms with E-state index in [0.717, 1.165) is 61.7 Å². The van der Waals surface area contributed by atoms with Gasteiger partial charge in [0.05, 0.1) is 19.3 Å². The number of fused-ring (bicyclic) bond motifs is 1. The fourth-order valence-corrected chi connectivity index (χ4v) is 4.16. The topological polar surface area (TPSA) is 50.8 Å². The lowest BCUT2D eigenvalue weighted by Gasteiger charge is -2.38. The van der Waals surface area contributed by atoms with Crippen LogP contribution in [0.1, 0.15) is 53.4 Å². The minimum Gasteiger partial charge on any atom is -0.487 e. The molecule has 1 amide bonds. The number of ether oxygens (including phenoxy) is 2. The third-order valence-corrected chi connectivity index (χ3v) is 5.63. The molecule has 5 nitrogen and oxygen atoms in total. The first-order valence-corrected chi connectivity index (χ1v) is 10.4. The van der Waals surface area contributed by atoms with Gasteiger partial charge in [0.25, 0.3) is 5.91 Å². The van der Waals surface area contributed by atoms with Crippen LogP contribution in [0.25, 0.3) is 0 Å². The van der Waals surface area contributed by atoms with Crippen LogP contribution in [0.5, 0.6) is 5.75 Å². The molecule has 154 valence electrons. The van der Waals surface area contributed by atoms with E-state index in [0.29, 0.717) is 5.56 Å². The molecule has 2 aliphatic heterocycles. The minimum absolute atomic E-state index is 0.0388. The van der Waals surface area contributed by atoms with Crippen molar-refractivity contribution in [1.29, 1.82) is 0 Å². The molecule has 0 bridgehead atoms. The van der Waals surface area contributed by atoms with Crippen LogP contribution in [0, 0.1) is 6.92 Å². The Balaban J connectivity index is 1.50. The quantitative estimate of drug-likeness (QED) is 0.856. The molecule has 2 aliphatic rings. The molecule has 0 aromatic heterocycles. The fraction of sp³-hybridized carbons (Fsp3) is 0.458. The number of carbonyl (C=O) groups excluding carboxylic acids is 1. The van der Waals surface area contributed by atoms with Crippen molar-refractivity contribution in [3.63, 3.8) is 0 Å². The Morgan fingerprint density at radius 1 is 1.17 bits per heavy atom. The highest BCUT2D eigenvalue weighted by atomic mass is 16.5. The highest BCUT2D eigenvalue weighted by Gasteiger charge is 2.34. The first-order chi connectivity index (χ1) is 13.9. The van der Waals surface area contributed by atoms with E-state index in [4.69, 9.17) is 9.47 Å². The lowest BCUT2D eigenvalue weighted by Crippen LogP contribution is -2.41. The molecule has 2 heterocycles. The second-order valence-corrected chi connectivity index (χ2v) is 8.72. The molecule has 2 aromatic carbocycles. The van der Waals surface area contributed by atoms with Gasteiger partial charge in [0.15, 0.2) is 0 Å². The summed E-state index contributed by atoms with van der Waals surface area (Å²) in [4.78, 5) is 15.4. The minimum atomic E-state index is -0.322. The summed E-state index contributed by atoms with van der Waals surface area (Å²) in [6.45, 7) is 10.5. The molecule has 0 aliphatic carbocycles. The molecule has 4 rings (SSSR count). The number of nitrogens with one attached hydrogen (secondary N) is 1. The lowest BCUT2D eigenvalue weighted by atomic mass is 9.89. The van der Waals surface area contributed by atoms with Crippen molar-refractivity contribution >= 4 is 5.91 Å².